The van der Waals surface area contributed by atoms with Gasteiger partial charge in [-0.2, -0.15) is 13.2 Å². The van der Waals surface area contributed by atoms with Gasteiger partial charge in [0, 0.05) is 10.6 Å². The zero-order chi connectivity index (χ0) is 17.9. The highest BCUT2D eigenvalue weighted by Gasteiger charge is 2.33. The smallest absolute Gasteiger partial charge is 0.417 e. The number of nitrogens with one attached hydrogen (secondary N) is 1. The maximum atomic E-state index is 12.8. The summed E-state index contributed by atoms with van der Waals surface area (Å²) in [4.78, 5) is 12.9. The molecule has 0 aromatic heterocycles. The molecule has 0 radical (unpaired) electrons. The van der Waals surface area contributed by atoms with Gasteiger partial charge in [-0.15, -0.1) is 11.8 Å². The molecule has 2 aromatic carbocycles. The van der Waals surface area contributed by atoms with Gasteiger partial charge in [0.25, 0.3) is 0 Å². The van der Waals surface area contributed by atoms with Crippen LogP contribution in [0.5, 0.6) is 5.75 Å². The Morgan fingerprint density at radius 2 is 1.83 bits per heavy atom. The van der Waals surface area contributed by atoms with Crippen LogP contribution in [0.2, 0.25) is 5.02 Å². The number of hydrogen-bond acceptors (Lipinski definition) is 3. The van der Waals surface area contributed by atoms with Crippen molar-refractivity contribution in [2.75, 3.05) is 5.32 Å². The second-order valence-corrected chi connectivity index (χ2v) is 6.76. The number of carbonyl (C=O) groups excluding carboxylic acids is 1. The van der Waals surface area contributed by atoms with Crippen LogP contribution >= 0.6 is 23.4 Å². The number of phenolic OH excluding ortho intramolecular Hbond substituents is 1. The first-order chi connectivity index (χ1) is 11.2. The second kappa shape index (κ2) is 7.36. The fourth-order valence-corrected chi connectivity index (χ4v) is 2.94. The summed E-state index contributed by atoms with van der Waals surface area (Å²) in [7, 11) is 0. The van der Waals surface area contributed by atoms with E-state index in [1.54, 1.807) is 19.1 Å². The summed E-state index contributed by atoms with van der Waals surface area (Å²) in [5.41, 5.74) is -0.976. The first-order valence-electron chi connectivity index (χ1n) is 6.80. The Morgan fingerprint density at radius 1 is 1.21 bits per heavy atom. The normalized spacial score (nSPS) is 12.7. The van der Waals surface area contributed by atoms with Crippen molar-refractivity contribution in [1.29, 1.82) is 0 Å². The zero-order valence-corrected chi connectivity index (χ0v) is 14.0. The van der Waals surface area contributed by atoms with Gasteiger partial charge in [-0.25, -0.2) is 0 Å². The Morgan fingerprint density at radius 3 is 2.42 bits per heavy atom. The van der Waals surface area contributed by atoms with Gasteiger partial charge in [0.2, 0.25) is 5.91 Å². The van der Waals surface area contributed by atoms with Crippen molar-refractivity contribution in [2.24, 2.45) is 0 Å². The van der Waals surface area contributed by atoms with Crippen molar-refractivity contribution in [1.82, 2.24) is 0 Å². The number of halogens is 4. The average molecular weight is 376 g/mol. The third kappa shape index (κ3) is 4.82. The Bertz CT molecular complexity index is 735. The van der Waals surface area contributed by atoms with Crippen molar-refractivity contribution < 1.29 is 23.1 Å². The van der Waals surface area contributed by atoms with Crippen LogP contribution in [0, 0.1) is 0 Å². The molecular formula is C16H13ClF3NO2S. The van der Waals surface area contributed by atoms with Gasteiger partial charge in [0.05, 0.1) is 15.8 Å². The average Bonchev–Trinajstić information content (AvgIpc) is 2.50. The number of thioether (sulfide) groups is 1. The quantitative estimate of drug-likeness (QED) is 0.723. The van der Waals surface area contributed by atoms with Crippen molar-refractivity contribution in [2.45, 2.75) is 23.2 Å². The third-order valence-electron chi connectivity index (χ3n) is 3.06. The van der Waals surface area contributed by atoms with Gasteiger partial charge in [0.15, 0.2) is 0 Å². The molecule has 0 spiro atoms. The number of amides is 1. The first-order valence-corrected chi connectivity index (χ1v) is 8.06. The van der Waals surface area contributed by atoms with Gasteiger partial charge in [-0.05, 0) is 49.4 Å². The molecule has 3 nitrogen and oxygen atoms in total. The number of aromatic hydroxyl groups is 1. The summed E-state index contributed by atoms with van der Waals surface area (Å²) in [6.07, 6.45) is -4.59. The fourth-order valence-electron chi connectivity index (χ4n) is 1.85. The highest BCUT2D eigenvalue weighted by Crippen LogP contribution is 2.36. The van der Waals surface area contributed by atoms with Gasteiger partial charge >= 0.3 is 6.18 Å². The molecule has 0 aliphatic rings. The lowest BCUT2D eigenvalue weighted by atomic mass is 10.2. The Labute approximate surface area is 145 Å². The summed E-state index contributed by atoms with van der Waals surface area (Å²) in [6.45, 7) is 1.63. The Hall–Kier alpha value is -1.86. The first kappa shape index (κ1) is 18.5. The molecule has 0 aliphatic heterocycles. The molecule has 0 aliphatic carbocycles. The standard InChI is InChI=1S/C16H13ClF3NO2S/c1-9(24-12-5-3-11(22)4-6-12)15(23)21-10-2-7-14(17)13(8-10)16(18,19)20/h2-9,22H,1H3,(H,21,23). The highest BCUT2D eigenvalue weighted by molar-refractivity contribution is 8.00. The molecule has 0 heterocycles. The van der Waals surface area contributed by atoms with Gasteiger partial charge < -0.3 is 10.4 Å². The number of hydrogen-bond donors (Lipinski definition) is 2. The number of benzene rings is 2. The fraction of sp³-hybridized carbons (Fsp3) is 0.188. The van der Waals surface area contributed by atoms with E-state index >= 15 is 0 Å². The maximum Gasteiger partial charge on any atom is 0.417 e. The van der Waals surface area contributed by atoms with E-state index < -0.39 is 27.9 Å². The molecule has 0 saturated heterocycles. The van der Waals surface area contributed by atoms with E-state index in [0.29, 0.717) is 0 Å². The lowest BCUT2D eigenvalue weighted by Gasteiger charge is -2.14. The molecule has 24 heavy (non-hydrogen) atoms. The number of anilines is 1. The number of carbonyl (C=O) groups is 1. The minimum absolute atomic E-state index is 0.0230. The van der Waals surface area contributed by atoms with Gasteiger partial charge in [-0.1, -0.05) is 11.6 Å². The van der Waals surface area contributed by atoms with Crippen LogP contribution in [0.1, 0.15) is 12.5 Å². The van der Waals surface area contributed by atoms with Gasteiger partial charge in [0.1, 0.15) is 5.75 Å². The molecule has 128 valence electrons. The molecule has 1 atom stereocenters. The molecule has 1 amide bonds. The van der Waals surface area contributed by atoms with E-state index in [2.05, 4.69) is 5.32 Å². The zero-order valence-electron chi connectivity index (χ0n) is 12.4. The van der Waals surface area contributed by atoms with E-state index in [9.17, 15) is 23.1 Å². The molecule has 0 saturated carbocycles. The summed E-state index contributed by atoms with van der Waals surface area (Å²) >= 11 is 6.76. The second-order valence-electron chi connectivity index (χ2n) is 4.94. The molecule has 0 fully saturated rings. The van der Waals surface area contributed by atoms with Gasteiger partial charge in [-0.3, -0.25) is 4.79 Å². The summed E-state index contributed by atoms with van der Waals surface area (Å²) < 4.78 is 38.5. The topological polar surface area (TPSA) is 49.3 Å². The highest BCUT2D eigenvalue weighted by atomic mass is 35.5. The van der Waals surface area contributed by atoms with E-state index in [-0.39, 0.29) is 11.4 Å². The van der Waals surface area contributed by atoms with Crippen LogP contribution in [0.3, 0.4) is 0 Å². The van der Waals surface area contributed by atoms with Crippen molar-refractivity contribution in [3.63, 3.8) is 0 Å². The number of alkyl halides is 3. The van der Waals surface area contributed by atoms with E-state index in [4.69, 9.17) is 11.6 Å². The molecule has 0 bridgehead atoms. The molecule has 1 unspecified atom stereocenters. The largest absolute Gasteiger partial charge is 0.508 e. The van der Waals surface area contributed by atoms with Crippen LogP contribution in [0.15, 0.2) is 47.4 Å². The summed E-state index contributed by atoms with van der Waals surface area (Å²) in [6, 6.07) is 9.48. The molecular weight excluding hydrogens is 363 g/mol. The summed E-state index contributed by atoms with van der Waals surface area (Å²) in [5.74, 6) is -0.333. The van der Waals surface area contributed by atoms with E-state index in [1.165, 1.54) is 30.0 Å². The Kier molecular flexibility index (Phi) is 5.66. The lowest BCUT2D eigenvalue weighted by Crippen LogP contribution is -2.22. The third-order valence-corrected chi connectivity index (χ3v) is 4.50. The van der Waals surface area contributed by atoms with Crippen molar-refractivity contribution in [3.05, 3.63) is 53.1 Å². The van der Waals surface area contributed by atoms with Crippen molar-refractivity contribution in [3.8, 4) is 5.75 Å². The predicted molar refractivity (Wildman–Crippen MR) is 88.5 cm³/mol. The van der Waals surface area contributed by atoms with Crippen LogP contribution in [0.25, 0.3) is 0 Å². The van der Waals surface area contributed by atoms with Crippen LogP contribution in [0.4, 0.5) is 18.9 Å². The summed E-state index contributed by atoms with van der Waals surface area (Å²) in [5, 5.41) is 10.7. The number of rotatable bonds is 4. The van der Waals surface area contributed by atoms with Crippen LogP contribution in [-0.2, 0) is 11.0 Å². The lowest BCUT2D eigenvalue weighted by molar-refractivity contribution is -0.137. The minimum Gasteiger partial charge on any atom is -0.508 e. The Balaban J connectivity index is 2.07. The maximum absolute atomic E-state index is 12.8. The van der Waals surface area contributed by atoms with Crippen molar-refractivity contribution >= 4 is 35.0 Å². The predicted octanol–water partition coefficient (Wildman–Crippen LogP) is 5.18. The van der Waals surface area contributed by atoms with E-state index in [0.717, 1.165) is 17.0 Å². The SMILES string of the molecule is CC(Sc1ccc(O)cc1)C(=O)Nc1ccc(Cl)c(C(F)(F)F)c1. The molecule has 8 heteroatoms. The molecule has 2 rings (SSSR count). The van der Waals surface area contributed by atoms with Crippen LogP contribution in [-0.4, -0.2) is 16.3 Å². The molecule has 2 aromatic rings. The number of phenols is 1. The minimum atomic E-state index is -4.59. The molecule has 2 N–H and O–H groups in total. The monoisotopic (exact) mass is 375 g/mol. The van der Waals surface area contributed by atoms with Crippen LogP contribution < -0.4 is 5.32 Å². The van der Waals surface area contributed by atoms with E-state index in [1.807, 2.05) is 0 Å².